The van der Waals surface area contributed by atoms with E-state index in [0.717, 1.165) is 19.2 Å². The van der Waals surface area contributed by atoms with E-state index in [-0.39, 0.29) is 3.97 Å². The fourth-order valence-corrected chi connectivity index (χ4v) is 4.60. The Balaban J connectivity index is 2.63. The minimum Gasteiger partial charge on any atom is -0.477 e. The van der Waals surface area contributed by atoms with E-state index in [1.807, 2.05) is 0 Å². The molecule has 3 rings (SSSR count). The molecule has 0 unspecified atom stereocenters. The lowest BCUT2D eigenvalue weighted by atomic mass is 10.1. The van der Waals surface area contributed by atoms with E-state index in [1.165, 1.54) is 0 Å². The summed E-state index contributed by atoms with van der Waals surface area (Å²) in [6.45, 7) is -0.711. The topological polar surface area (TPSA) is 142 Å². The van der Waals surface area contributed by atoms with Gasteiger partial charge < -0.3 is 14.0 Å². The molecule has 0 saturated heterocycles. The number of halogens is 6. The van der Waals surface area contributed by atoms with Crippen LogP contribution in [0.25, 0.3) is 21.8 Å². The average molecular weight is 536 g/mol. The lowest BCUT2D eigenvalue weighted by Crippen LogP contribution is -2.29. The third-order valence-electron chi connectivity index (χ3n) is 4.36. The molecule has 1 N–H and O–H groups in total. The molecule has 186 valence electrons. The average Bonchev–Trinajstić information content (AvgIpc) is 3.02. The second kappa shape index (κ2) is 7.98. The van der Waals surface area contributed by atoms with Crippen molar-refractivity contribution in [3.8, 4) is 5.75 Å². The predicted octanol–water partition coefficient (Wildman–Crippen LogP) is 2.96. The van der Waals surface area contributed by atoms with Crippen LogP contribution in [0, 0.1) is 0 Å². The molecule has 0 aliphatic rings. The number of hydrogen-bond donors (Lipinski definition) is 1. The molecule has 0 saturated carbocycles. The van der Waals surface area contributed by atoms with Crippen LogP contribution in [0.5, 0.6) is 5.75 Å². The highest BCUT2D eigenvalue weighted by Crippen LogP contribution is 2.42. The van der Waals surface area contributed by atoms with Crippen LogP contribution in [0.3, 0.4) is 0 Å². The molecule has 0 bridgehead atoms. The van der Waals surface area contributed by atoms with Crippen LogP contribution >= 0.6 is 0 Å². The number of alkyl halides is 6. The quantitative estimate of drug-likeness (QED) is 0.286. The predicted molar refractivity (Wildman–Crippen MR) is 101 cm³/mol. The highest BCUT2D eigenvalue weighted by atomic mass is 32.2. The summed E-state index contributed by atoms with van der Waals surface area (Å²) >= 11 is 0. The number of carboxylic acids is 1. The fraction of sp³-hybridized carbons (Fsp3) is 0.250. The molecule has 3 aromatic rings. The van der Waals surface area contributed by atoms with Gasteiger partial charge in [-0.2, -0.15) is 43.2 Å². The second-order valence-corrected chi connectivity index (χ2v) is 9.75. The highest BCUT2D eigenvalue weighted by Gasteiger charge is 2.50. The number of carbonyl (C=O) groups is 1. The molecule has 10 nitrogen and oxygen atoms in total. The van der Waals surface area contributed by atoms with Crippen molar-refractivity contribution >= 4 is 47.9 Å². The lowest BCUT2D eigenvalue weighted by molar-refractivity contribution is -0.0500. The SMILES string of the molecule is COCc1c(C(=O)O)ncc2c1c1c(OS(=O)(=O)C(F)(F)F)cccc1n2S(=O)(=O)C(F)(F)F. The zero-order chi connectivity index (χ0) is 25.9. The van der Waals surface area contributed by atoms with Crippen molar-refractivity contribution in [2.24, 2.45) is 0 Å². The van der Waals surface area contributed by atoms with E-state index in [0.29, 0.717) is 12.3 Å². The van der Waals surface area contributed by atoms with Crippen LogP contribution in [0.1, 0.15) is 16.1 Å². The van der Waals surface area contributed by atoms with Crippen LogP contribution in [0.15, 0.2) is 24.4 Å². The molecular formula is C16H10F6N2O8S2. The summed E-state index contributed by atoms with van der Waals surface area (Å²) in [7, 11) is -11.6. The summed E-state index contributed by atoms with van der Waals surface area (Å²) in [4.78, 5) is 15.0. The van der Waals surface area contributed by atoms with Crippen LogP contribution in [-0.2, 0) is 31.5 Å². The summed E-state index contributed by atoms with van der Waals surface area (Å²) in [5.41, 5.74) is -15.1. The van der Waals surface area contributed by atoms with Crippen molar-refractivity contribution in [2.45, 2.75) is 17.6 Å². The number of aromatic nitrogens is 2. The Morgan fingerprint density at radius 2 is 1.65 bits per heavy atom. The summed E-state index contributed by atoms with van der Waals surface area (Å²) < 4.78 is 135. The van der Waals surface area contributed by atoms with Gasteiger partial charge in [0, 0.05) is 18.1 Å². The number of fused-ring (bicyclic) bond motifs is 3. The zero-order valence-corrected chi connectivity index (χ0v) is 17.9. The van der Waals surface area contributed by atoms with Gasteiger partial charge in [0.2, 0.25) is 0 Å². The number of pyridine rings is 1. The Labute approximate surface area is 185 Å². The third-order valence-corrected chi connectivity index (χ3v) is 6.78. The first-order valence-corrected chi connectivity index (χ1v) is 11.3. The zero-order valence-electron chi connectivity index (χ0n) is 16.3. The van der Waals surface area contributed by atoms with Crippen molar-refractivity contribution in [3.63, 3.8) is 0 Å². The molecular weight excluding hydrogens is 526 g/mol. The molecule has 0 spiro atoms. The summed E-state index contributed by atoms with van der Waals surface area (Å²) in [5, 5.41) is 7.83. The molecule has 0 aliphatic carbocycles. The summed E-state index contributed by atoms with van der Waals surface area (Å²) in [6, 6.07) is 2.09. The van der Waals surface area contributed by atoms with Gasteiger partial charge in [0.05, 0.1) is 29.2 Å². The number of aromatic carboxylic acids is 1. The number of benzene rings is 1. The minimum atomic E-state index is -6.36. The maximum absolute atomic E-state index is 13.4. The number of nitrogens with zero attached hydrogens (tertiary/aromatic N) is 2. The molecule has 34 heavy (non-hydrogen) atoms. The van der Waals surface area contributed by atoms with E-state index in [4.69, 9.17) is 4.74 Å². The number of hydrogen-bond acceptors (Lipinski definition) is 8. The molecule has 0 radical (unpaired) electrons. The maximum Gasteiger partial charge on any atom is 0.534 e. The monoisotopic (exact) mass is 536 g/mol. The summed E-state index contributed by atoms with van der Waals surface area (Å²) in [5.74, 6) is -2.95. The molecule has 1 aromatic carbocycles. The highest BCUT2D eigenvalue weighted by molar-refractivity contribution is 7.91. The Bertz CT molecular complexity index is 1530. The van der Waals surface area contributed by atoms with E-state index in [9.17, 15) is 53.1 Å². The summed E-state index contributed by atoms with van der Waals surface area (Å²) in [6.07, 6.45) is 0.434. The Hall–Kier alpha value is -3.12. The van der Waals surface area contributed by atoms with Crippen LogP contribution in [-0.4, -0.2) is 55.0 Å². The Morgan fingerprint density at radius 3 is 2.15 bits per heavy atom. The molecule has 2 heterocycles. The molecule has 18 heteroatoms. The molecule has 0 amide bonds. The van der Waals surface area contributed by atoms with Crippen molar-refractivity contribution in [1.29, 1.82) is 0 Å². The minimum absolute atomic E-state index is 0.345. The normalized spacial score (nSPS) is 13.5. The number of rotatable bonds is 6. The fourth-order valence-electron chi connectivity index (χ4n) is 3.11. The van der Waals surface area contributed by atoms with Gasteiger partial charge in [-0.3, -0.25) is 0 Å². The van der Waals surface area contributed by atoms with E-state index in [2.05, 4.69) is 9.17 Å². The van der Waals surface area contributed by atoms with E-state index >= 15 is 0 Å². The first-order valence-electron chi connectivity index (χ1n) is 8.45. The van der Waals surface area contributed by atoms with Crippen molar-refractivity contribution < 1.29 is 62.0 Å². The van der Waals surface area contributed by atoms with Gasteiger partial charge in [0.15, 0.2) is 11.4 Å². The lowest BCUT2D eigenvalue weighted by Gasteiger charge is -2.12. The van der Waals surface area contributed by atoms with Crippen molar-refractivity contribution in [2.75, 3.05) is 7.11 Å². The van der Waals surface area contributed by atoms with Gasteiger partial charge in [-0.1, -0.05) is 6.07 Å². The standard InChI is InChI=1S/C16H10F6N2O8S2/c1-31-6-7-11-9(5-23-13(7)14(25)26)24(33(27,28)15(17,18)19)8-3-2-4-10(12(8)11)32-34(29,30)16(20,21)22/h2-5H,6H2,1H3,(H,25,26). The Morgan fingerprint density at radius 1 is 1.03 bits per heavy atom. The Kier molecular flexibility index (Phi) is 5.99. The van der Waals surface area contributed by atoms with Crippen molar-refractivity contribution in [3.05, 3.63) is 35.7 Å². The largest absolute Gasteiger partial charge is 0.534 e. The molecule has 2 aromatic heterocycles. The van der Waals surface area contributed by atoms with E-state index < -0.39 is 82.5 Å². The van der Waals surface area contributed by atoms with Gasteiger partial charge in [0.1, 0.15) is 0 Å². The van der Waals surface area contributed by atoms with E-state index in [1.54, 1.807) is 0 Å². The van der Waals surface area contributed by atoms with Gasteiger partial charge in [-0.25, -0.2) is 13.8 Å². The molecule has 0 aliphatic heterocycles. The molecule has 0 atom stereocenters. The number of methoxy groups -OCH3 is 1. The third kappa shape index (κ3) is 3.90. The van der Waals surface area contributed by atoms with Gasteiger partial charge in [-0.15, -0.1) is 0 Å². The second-order valence-electron chi connectivity index (χ2n) is 6.43. The van der Waals surface area contributed by atoms with Crippen LogP contribution in [0.2, 0.25) is 0 Å². The number of carboxylic acid groups (broad SMARTS) is 1. The van der Waals surface area contributed by atoms with Gasteiger partial charge in [0.25, 0.3) is 0 Å². The number of ether oxygens (including phenoxy) is 1. The molecule has 0 fully saturated rings. The van der Waals surface area contributed by atoms with Crippen molar-refractivity contribution in [1.82, 2.24) is 8.96 Å². The van der Waals surface area contributed by atoms with Gasteiger partial charge in [-0.05, 0) is 12.1 Å². The maximum atomic E-state index is 13.4. The smallest absolute Gasteiger partial charge is 0.477 e. The first kappa shape index (κ1) is 25.5. The van der Waals surface area contributed by atoms with Crippen LogP contribution in [0.4, 0.5) is 26.3 Å². The van der Waals surface area contributed by atoms with Gasteiger partial charge >= 0.3 is 37.1 Å². The van der Waals surface area contributed by atoms with Crippen LogP contribution < -0.4 is 4.18 Å². The first-order chi connectivity index (χ1) is 15.5.